The van der Waals surface area contributed by atoms with Crippen molar-refractivity contribution >= 4 is 22.5 Å². The molecule has 0 amide bonds. The molecule has 0 aliphatic heterocycles. The second-order valence-corrected chi connectivity index (χ2v) is 5.65. The molecule has 1 N–H and O–H groups in total. The highest BCUT2D eigenvalue weighted by molar-refractivity contribution is 6.31. The summed E-state index contributed by atoms with van der Waals surface area (Å²) in [4.78, 5) is 4.52. The first-order valence-electron chi connectivity index (χ1n) is 6.84. The minimum Gasteiger partial charge on any atom is -0.380 e. The highest BCUT2D eigenvalue weighted by Gasteiger charge is 2.22. The van der Waals surface area contributed by atoms with Gasteiger partial charge in [-0.1, -0.05) is 35.9 Å². The normalized spacial score (nSPS) is 13.0. The Bertz CT molecular complexity index is 782. The number of hydrogen-bond acceptors (Lipinski definition) is 3. The van der Waals surface area contributed by atoms with E-state index in [-0.39, 0.29) is 6.04 Å². The second-order valence-electron chi connectivity index (χ2n) is 5.25. The topological polar surface area (TPSA) is 50.9 Å². The van der Waals surface area contributed by atoms with Crippen LogP contribution in [0.3, 0.4) is 0 Å². The van der Waals surface area contributed by atoms with Gasteiger partial charge in [-0.3, -0.25) is 4.68 Å². The Morgan fingerprint density at radius 1 is 1.14 bits per heavy atom. The highest BCUT2D eigenvalue weighted by Crippen LogP contribution is 2.30. The summed E-state index contributed by atoms with van der Waals surface area (Å²) in [6, 6.07) is 11.7. The van der Waals surface area contributed by atoms with Crippen molar-refractivity contribution in [2.75, 3.05) is 0 Å². The summed E-state index contributed by atoms with van der Waals surface area (Å²) in [6.45, 7) is 3.99. The van der Waals surface area contributed by atoms with Crippen LogP contribution in [0.2, 0.25) is 5.02 Å². The molecule has 2 aromatic heterocycles. The highest BCUT2D eigenvalue weighted by atomic mass is 35.5. The molecule has 4 nitrogen and oxygen atoms in total. The Kier molecular flexibility index (Phi) is 3.66. The maximum atomic E-state index is 10.6. The van der Waals surface area contributed by atoms with Crippen molar-refractivity contribution in [3.63, 3.8) is 0 Å². The van der Waals surface area contributed by atoms with E-state index in [0.717, 1.165) is 10.9 Å². The molecular formula is C16H16ClN3O. The van der Waals surface area contributed by atoms with Crippen LogP contribution in [0.25, 0.3) is 10.9 Å². The minimum atomic E-state index is -0.896. The fraction of sp³-hybridized carbons (Fsp3) is 0.250. The number of hydrogen-bond donors (Lipinski definition) is 1. The van der Waals surface area contributed by atoms with E-state index in [1.165, 1.54) is 0 Å². The predicted octanol–water partition coefficient (Wildman–Crippen LogP) is 3.75. The summed E-state index contributed by atoms with van der Waals surface area (Å²) >= 11 is 6.18. The second kappa shape index (κ2) is 5.47. The number of rotatable bonds is 3. The van der Waals surface area contributed by atoms with Crippen LogP contribution in [0.4, 0.5) is 0 Å². The minimum absolute atomic E-state index is 0.114. The van der Waals surface area contributed by atoms with E-state index < -0.39 is 6.10 Å². The molecule has 3 aromatic rings. The molecule has 1 atom stereocenters. The molecule has 0 saturated carbocycles. The molecule has 0 radical (unpaired) electrons. The molecule has 0 fully saturated rings. The van der Waals surface area contributed by atoms with Crippen molar-refractivity contribution in [2.24, 2.45) is 0 Å². The standard InChI is InChI=1S/C16H16ClN3O/c1-10(2)20-15(12(17)9-18-20)16(21)14-8-7-11-5-3-4-6-13(11)19-14/h3-10,16,21H,1-2H3. The van der Waals surface area contributed by atoms with Gasteiger partial charge in [0.25, 0.3) is 0 Å². The van der Waals surface area contributed by atoms with Crippen LogP contribution >= 0.6 is 11.6 Å². The van der Waals surface area contributed by atoms with E-state index in [1.807, 2.05) is 50.2 Å². The zero-order chi connectivity index (χ0) is 15.0. The van der Waals surface area contributed by atoms with E-state index in [1.54, 1.807) is 10.9 Å². The Morgan fingerprint density at radius 3 is 2.67 bits per heavy atom. The number of halogens is 1. The van der Waals surface area contributed by atoms with Crippen molar-refractivity contribution in [3.8, 4) is 0 Å². The van der Waals surface area contributed by atoms with Gasteiger partial charge in [0.1, 0.15) is 6.10 Å². The summed E-state index contributed by atoms with van der Waals surface area (Å²) in [5.74, 6) is 0. The lowest BCUT2D eigenvalue weighted by molar-refractivity contribution is 0.201. The molecule has 5 heteroatoms. The van der Waals surface area contributed by atoms with Gasteiger partial charge < -0.3 is 5.11 Å². The number of aliphatic hydroxyl groups is 1. The van der Waals surface area contributed by atoms with Crippen LogP contribution in [-0.2, 0) is 0 Å². The lowest BCUT2D eigenvalue weighted by Crippen LogP contribution is -2.13. The number of aromatic nitrogens is 3. The molecule has 1 unspecified atom stereocenters. The van der Waals surface area contributed by atoms with Gasteiger partial charge >= 0.3 is 0 Å². The van der Waals surface area contributed by atoms with Crippen LogP contribution in [0.15, 0.2) is 42.6 Å². The third kappa shape index (κ3) is 2.52. The summed E-state index contributed by atoms with van der Waals surface area (Å²) in [5.41, 5.74) is 1.99. The molecule has 21 heavy (non-hydrogen) atoms. The molecular weight excluding hydrogens is 286 g/mol. The monoisotopic (exact) mass is 301 g/mol. The van der Waals surface area contributed by atoms with Gasteiger partial charge in [0.2, 0.25) is 0 Å². The summed E-state index contributed by atoms with van der Waals surface area (Å²) in [6.07, 6.45) is 0.660. The Labute approximate surface area is 128 Å². The first kappa shape index (κ1) is 14.0. The van der Waals surface area contributed by atoms with Crippen LogP contribution in [-0.4, -0.2) is 19.9 Å². The SMILES string of the molecule is CC(C)n1ncc(Cl)c1C(O)c1ccc2ccccc2n1. The zero-order valence-electron chi connectivity index (χ0n) is 11.9. The Balaban J connectivity index is 2.08. The fourth-order valence-electron chi connectivity index (χ4n) is 2.39. The molecule has 0 aliphatic carbocycles. The van der Waals surface area contributed by atoms with E-state index in [4.69, 9.17) is 11.6 Å². The number of benzene rings is 1. The Hall–Kier alpha value is -1.91. The van der Waals surface area contributed by atoms with Crippen LogP contribution in [0.1, 0.15) is 37.4 Å². The van der Waals surface area contributed by atoms with Gasteiger partial charge in [0.15, 0.2) is 0 Å². The number of aliphatic hydroxyl groups excluding tert-OH is 1. The maximum absolute atomic E-state index is 10.6. The van der Waals surface area contributed by atoms with Crippen molar-refractivity contribution in [2.45, 2.75) is 26.0 Å². The molecule has 0 bridgehead atoms. The molecule has 108 valence electrons. The lowest BCUT2D eigenvalue weighted by atomic mass is 10.1. The first-order valence-corrected chi connectivity index (χ1v) is 7.22. The molecule has 0 saturated heterocycles. The molecule has 3 rings (SSSR count). The largest absolute Gasteiger partial charge is 0.380 e. The van der Waals surface area contributed by atoms with E-state index in [9.17, 15) is 5.11 Å². The van der Waals surface area contributed by atoms with Crippen LogP contribution in [0.5, 0.6) is 0 Å². The van der Waals surface area contributed by atoms with Gasteiger partial charge in [-0.2, -0.15) is 5.10 Å². The number of para-hydroxylation sites is 1. The maximum Gasteiger partial charge on any atom is 0.139 e. The first-order chi connectivity index (χ1) is 10.1. The fourth-order valence-corrected chi connectivity index (χ4v) is 2.63. The summed E-state index contributed by atoms with van der Waals surface area (Å²) in [7, 11) is 0. The van der Waals surface area contributed by atoms with Crippen LogP contribution < -0.4 is 0 Å². The van der Waals surface area contributed by atoms with E-state index in [2.05, 4.69) is 10.1 Å². The molecule has 0 spiro atoms. The average molecular weight is 302 g/mol. The molecule has 0 aliphatic rings. The summed E-state index contributed by atoms with van der Waals surface area (Å²) < 4.78 is 1.73. The molecule has 1 aromatic carbocycles. The zero-order valence-corrected chi connectivity index (χ0v) is 12.6. The van der Waals surface area contributed by atoms with Crippen LogP contribution in [0, 0.1) is 0 Å². The van der Waals surface area contributed by atoms with Gasteiger partial charge in [-0.15, -0.1) is 0 Å². The van der Waals surface area contributed by atoms with Gasteiger partial charge in [-0.05, 0) is 26.0 Å². The van der Waals surface area contributed by atoms with Crippen molar-refractivity contribution < 1.29 is 5.11 Å². The quantitative estimate of drug-likeness (QED) is 0.801. The average Bonchev–Trinajstić information content (AvgIpc) is 2.88. The smallest absolute Gasteiger partial charge is 0.139 e. The van der Waals surface area contributed by atoms with Gasteiger partial charge in [0, 0.05) is 11.4 Å². The predicted molar refractivity (Wildman–Crippen MR) is 83.4 cm³/mol. The van der Waals surface area contributed by atoms with Crippen molar-refractivity contribution in [1.82, 2.24) is 14.8 Å². The number of nitrogens with zero attached hydrogens (tertiary/aromatic N) is 3. The van der Waals surface area contributed by atoms with E-state index >= 15 is 0 Å². The van der Waals surface area contributed by atoms with Gasteiger partial charge in [-0.25, -0.2) is 4.98 Å². The lowest BCUT2D eigenvalue weighted by Gasteiger charge is -2.16. The Morgan fingerprint density at radius 2 is 1.90 bits per heavy atom. The van der Waals surface area contributed by atoms with Crippen molar-refractivity contribution in [3.05, 3.63) is 59.0 Å². The van der Waals surface area contributed by atoms with E-state index in [0.29, 0.717) is 16.4 Å². The third-order valence-corrected chi connectivity index (χ3v) is 3.73. The number of pyridine rings is 1. The van der Waals surface area contributed by atoms with Gasteiger partial charge in [0.05, 0.1) is 28.1 Å². The number of fused-ring (bicyclic) bond motifs is 1. The third-order valence-electron chi connectivity index (χ3n) is 3.44. The summed E-state index contributed by atoms with van der Waals surface area (Å²) in [5, 5.41) is 16.4. The van der Waals surface area contributed by atoms with Crippen molar-refractivity contribution in [1.29, 1.82) is 0 Å². The molecule has 2 heterocycles.